The second kappa shape index (κ2) is 9.24. The van der Waals surface area contributed by atoms with E-state index in [-0.39, 0.29) is 10.9 Å². The Morgan fingerprint density at radius 3 is 2.50 bits per heavy atom. The van der Waals surface area contributed by atoms with Gasteiger partial charge in [-0.15, -0.1) is 0 Å². The van der Waals surface area contributed by atoms with Crippen LogP contribution in [0.3, 0.4) is 0 Å². The van der Waals surface area contributed by atoms with Gasteiger partial charge < -0.3 is 5.32 Å². The number of sulfonamides is 1. The lowest BCUT2D eigenvalue weighted by atomic mass is 10.0. The van der Waals surface area contributed by atoms with Gasteiger partial charge in [-0.3, -0.25) is 9.71 Å². The van der Waals surface area contributed by atoms with E-state index in [9.17, 15) is 8.42 Å². The molecule has 0 radical (unpaired) electrons. The summed E-state index contributed by atoms with van der Waals surface area (Å²) < 4.78 is 29.4. The molecule has 0 amide bonds. The minimum Gasteiger partial charge on any atom is -0.378 e. The molecule has 2 N–H and O–H groups in total. The lowest BCUT2D eigenvalue weighted by Gasteiger charge is -2.22. The second-order valence-corrected chi connectivity index (χ2v) is 9.15. The van der Waals surface area contributed by atoms with E-state index in [4.69, 9.17) is 0 Å². The maximum atomic E-state index is 13.3. The summed E-state index contributed by atoms with van der Waals surface area (Å²) in [6.45, 7) is 6.30. The van der Waals surface area contributed by atoms with Crippen molar-refractivity contribution in [2.75, 3.05) is 4.72 Å². The van der Waals surface area contributed by atoms with E-state index >= 15 is 0 Å². The third-order valence-electron chi connectivity index (χ3n) is 5.39. The molecule has 0 aliphatic heterocycles. The Bertz CT molecular complexity index is 1350. The van der Waals surface area contributed by atoms with E-state index < -0.39 is 10.0 Å². The molecule has 0 bridgehead atoms. The van der Waals surface area contributed by atoms with E-state index in [0.717, 1.165) is 17.4 Å². The Hall–Kier alpha value is -3.64. The van der Waals surface area contributed by atoms with Gasteiger partial charge in [-0.2, -0.15) is 0 Å². The zero-order valence-corrected chi connectivity index (χ0v) is 18.6. The van der Waals surface area contributed by atoms with Gasteiger partial charge in [-0.1, -0.05) is 74.2 Å². The number of benzene rings is 3. The molecule has 4 rings (SSSR count). The Morgan fingerprint density at radius 2 is 1.72 bits per heavy atom. The first-order valence-electron chi connectivity index (χ1n) is 10.4. The minimum absolute atomic E-state index is 0.0685. The van der Waals surface area contributed by atoms with Crippen molar-refractivity contribution in [1.82, 2.24) is 10.3 Å². The number of para-hydroxylation sites is 1. The summed E-state index contributed by atoms with van der Waals surface area (Å²) in [6.07, 6.45) is 4.11. The summed E-state index contributed by atoms with van der Waals surface area (Å²) in [6, 6.07) is 24.3. The monoisotopic (exact) mass is 443 g/mol. The Labute approximate surface area is 188 Å². The first-order chi connectivity index (χ1) is 15.5. The number of anilines is 1. The van der Waals surface area contributed by atoms with Gasteiger partial charge in [0.15, 0.2) is 0 Å². The van der Waals surface area contributed by atoms with E-state index in [1.165, 1.54) is 0 Å². The van der Waals surface area contributed by atoms with Crippen LogP contribution in [-0.4, -0.2) is 13.4 Å². The number of fused-ring (bicyclic) bond motifs is 1. The van der Waals surface area contributed by atoms with Gasteiger partial charge in [0.05, 0.1) is 16.6 Å². The average Bonchev–Trinajstić information content (AvgIpc) is 2.82. The van der Waals surface area contributed by atoms with Gasteiger partial charge in [0, 0.05) is 34.4 Å². The van der Waals surface area contributed by atoms with Crippen LogP contribution >= 0.6 is 0 Å². The predicted octanol–water partition coefficient (Wildman–Crippen LogP) is 5.75. The molecular formula is C26H25N3O2S. The third-order valence-corrected chi connectivity index (χ3v) is 6.81. The van der Waals surface area contributed by atoms with Crippen LogP contribution in [-0.2, 0) is 10.0 Å². The molecule has 0 spiro atoms. The van der Waals surface area contributed by atoms with Crippen LogP contribution in [0.1, 0.15) is 30.5 Å². The third kappa shape index (κ3) is 4.50. The van der Waals surface area contributed by atoms with Crippen LogP contribution in [0.15, 0.2) is 103 Å². The molecule has 1 aromatic heterocycles. The van der Waals surface area contributed by atoms with Crippen molar-refractivity contribution < 1.29 is 8.42 Å². The van der Waals surface area contributed by atoms with E-state index in [0.29, 0.717) is 22.3 Å². The molecule has 5 nitrogen and oxygen atoms in total. The highest BCUT2D eigenvalue weighted by molar-refractivity contribution is 7.93. The number of hydrogen-bond donors (Lipinski definition) is 2. The van der Waals surface area contributed by atoms with Crippen molar-refractivity contribution in [2.24, 2.45) is 0 Å². The van der Waals surface area contributed by atoms with Crippen LogP contribution in [0.25, 0.3) is 16.5 Å². The van der Waals surface area contributed by atoms with Crippen molar-refractivity contribution in [3.63, 3.8) is 0 Å². The summed E-state index contributed by atoms with van der Waals surface area (Å²) in [5.41, 5.74) is 2.98. The van der Waals surface area contributed by atoms with Crippen molar-refractivity contribution in [3.8, 4) is 0 Å². The summed E-state index contributed by atoms with van der Waals surface area (Å²) in [4.78, 5) is 4.29. The average molecular weight is 444 g/mol. The molecule has 162 valence electrons. The van der Waals surface area contributed by atoms with Gasteiger partial charge in [0.25, 0.3) is 10.0 Å². The van der Waals surface area contributed by atoms with Crippen molar-refractivity contribution in [3.05, 3.63) is 109 Å². The Kier molecular flexibility index (Phi) is 6.23. The molecule has 0 saturated heterocycles. The van der Waals surface area contributed by atoms with Gasteiger partial charge in [0.2, 0.25) is 0 Å². The SMILES string of the molecule is C=C(NC(CC)c1ccccc1)c1ccccc1NS(=O)(=O)c1cccc2cnccc12. The molecule has 32 heavy (non-hydrogen) atoms. The lowest BCUT2D eigenvalue weighted by molar-refractivity contribution is 0.602. The van der Waals surface area contributed by atoms with Crippen LogP contribution in [0, 0.1) is 0 Å². The van der Waals surface area contributed by atoms with E-state index in [1.807, 2.05) is 36.4 Å². The van der Waals surface area contributed by atoms with E-state index in [1.54, 1.807) is 42.7 Å². The summed E-state index contributed by atoms with van der Waals surface area (Å²) in [5.74, 6) is 0. The first-order valence-corrected chi connectivity index (χ1v) is 11.9. The highest BCUT2D eigenvalue weighted by Crippen LogP contribution is 2.29. The predicted molar refractivity (Wildman–Crippen MR) is 131 cm³/mol. The molecule has 4 aromatic rings. The highest BCUT2D eigenvalue weighted by Gasteiger charge is 2.20. The second-order valence-electron chi connectivity index (χ2n) is 7.50. The van der Waals surface area contributed by atoms with Crippen LogP contribution in [0.2, 0.25) is 0 Å². The zero-order chi connectivity index (χ0) is 22.6. The van der Waals surface area contributed by atoms with Crippen LogP contribution in [0.5, 0.6) is 0 Å². The fraction of sp³-hybridized carbons (Fsp3) is 0.115. The standard InChI is InChI=1S/C26H25N3O2S/c1-3-24(20-10-5-4-6-11-20)28-19(2)22-13-7-8-14-25(22)29-32(30,31)26-15-9-12-21-18-27-17-16-23(21)26/h4-18,24,28-29H,2-3H2,1H3. The van der Waals surface area contributed by atoms with E-state index in [2.05, 4.69) is 40.7 Å². The van der Waals surface area contributed by atoms with Crippen molar-refractivity contribution in [2.45, 2.75) is 24.3 Å². The molecule has 6 heteroatoms. The number of aromatic nitrogens is 1. The first kappa shape index (κ1) is 21.6. The number of rotatable bonds is 8. The number of hydrogen-bond acceptors (Lipinski definition) is 4. The van der Waals surface area contributed by atoms with Crippen molar-refractivity contribution >= 4 is 32.2 Å². The fourth-order valence-electron chi connectivity index (χ4n) is 3.76. The number of pyridine rings is 1. The van der Waals surface area contributed by atoms with Crippen LogP contribution < -0.4 is 10.0 Å². The molecule has 3 aromatic carbocycles. The quantitative estimate of drug-likeness (QED) is 0.364. The van der Waals surface area contributed by atoms with Gasteiger partial charge in [0.1, 0.15) is 0 Å². The molecule has 1 unspecified atom stereocenters. The van der Waals surface area contributed by atoms with Gasteiger partial charge in [-0.25, -0.2) is 8.42 Å². The Morgan fingerprint density at radius 1 is 0.969 bits per heavy atom. The normalized spacial score (nSPS) is 12.3. The fourth-order valence-corrected chi connectivity index (χ4v) is 5.07. The molecular weight excluding hydrogens is 418 g/mol. The summed E-state index contributed by atoms with van der Waals surface area (Å²) >= 11 is 0. The maximum absolute atomic E-state index is 13.3. The largest absolute Gasteiger partial charge is 0.378 e. The van der Waals surface area contributed by atoms with Crippen molar-refractivity contribution in [1.29, 1.82) is 0 Å². The molecule has 0 aliphatic rings. The zero-order valence-electron chi connectivity index (χ0n) is 17.8. The molecule has 0 aliphatic carbocycles. The van der Waals surface area contributed by atoms with Crippen LogP contribution in [0.4, 0.5) is 5.69 Å². The number of nitrogens with zero attached hydrogens (tertiary/aromatic N) is 1. The lowest BCUT2D eigenvalue weighted by Crippen LogP contribution is -2.20. The highest BCUT2D eigenvalue weighted by atomic mass is 32.2. The molecule has 1 atom stereocenters. The summed E-state index contributed by atoms with van der Waals surface area (Å²) in [5, 5.41) is 4.85. The molecule has 1 heterocycles. The molecule has 0 fully saturated rings. The summed E-state index contributed by atoms with van der Waals surface area (Å²) in [7, 11) is -3.83. The van der Waals surface area contributed by atoms with Gasteiger partial charge >= 0.3 is 0 Å². The smallest absolute Gasteiger partial charge is 0.262 e. The Balaban J connectivity index is 1.64. The topological polar surface area (TPSA) is 71.1 Å². The maximum Gasteiger partial charge on any atom is 0.262 e. The number of nitrogens with one attached hydrogen (secondary N) is 2. The minimum atomic E-state index is -3.83. The van der Waals surface area contributed by atoms with Gasteiger partial charge in [-0.05, 0) is 30.2 Å². The molecule has 0 saturated carbocycles.